The first-order valence-electron chi connectivity index (χ1n) is 4.90. The van der Waals surface area contributed by atoms with Crippen molar-refractivity contribution in [3.63, 3.8) is 0 Å². The summed E-state index contributed by atoms with van der Waals surface area (Å²) in [5.41, 5.74) is 9.61. The van der Waals surface area contributed by atoms with Crippen LogP contribution in [0.2, 0.25) is 0 Å². The van der Waals surface area contributed by atoms with E-state index in [0.29, 0.717) is 0 Å². The van der Waals surface area contributed by atoms with Crippen molar-refractivity contribution in [3.8, 4) is 0 Å². The van der Waals surface area contributed by atoms with Gasteiger partial charge in [-0.3, -0.25) is 9.59 Å². The molecule has 5 nitrogen and oxygen atoms in total. The molecule has 0 rings (SSSR count). The molecule has 0 aromatic heterocycles. The van der Waals surface area contributed by atoms with E-state index >= 15 is 0 Å². The first kappa shape index (κ1) is 13.9. The van der Waals surface area contributed by atoms with Gasteiger partial charge in [-0.25, -0.2) is 0 Å². The molecule has 15 heavy (non-hydrogen) atoms. The van der Waals surface area contributed by atoms with Gasteiger partial charge in [0.1, 0.15) is 0 Å². The summed E-state index contributed by atoms with van der Waals surface area (Å²) in [6.07, 6.45) is 0.332. The van der Waals surface area contributed by atoms with Gasteiger partial charge in [0.25, 0.3) is 0 Å². The number of amides is 2. The lowest BCUT2D eigenvalue weighted by molar-refractivity contribution is -0.124. The maximum absolute atomic E-state index is 11.5. The van der Waals surface area contributed by atoms with E-state index in [-0.39, 0.29) is 18.7 Å². The highest BCUT2D eigenvalue weighted by molar-refractivity contribution is 5.80. The lowest BCUT2D eigenvalue weighted by atomic mass is 9.97. The number of primary amides is 1. The van der Waals surface area contributed by atoms with Gasteiger partial charge in [-0.05, 0) is 27.7 Å². The Hall–Kier alpha value is -1.10. The van der Waals surface area contributed by atoms with Gasteiger partial charge in [-0.1, -0.05) is 0 Å². The predicted molar refractivity (Wildman–Crippen MR) is 58.9 cm³/mol. The topological polar surface area (TPSA) is 98.2 Å². The Bertz CT molecular complexity index is 254. The van der Waals surface area contributed by atoms with Crippen molar-refractivity contribution in [3.05, 3.63) is 0 Å². The number of hydrogen-bond donors (Lipinski definition) is 3. The molecule has 0 aliphatic carbocycles. The van der Waals surface area contributed by atoms with E-state index in [1.54, 1.807) is 27.7 Å². The van der Waals surface area contributed by atoms with Crippen molar-refractivity contribution >= 4 is 11.8 Å². The molecule has 0 spiro atoms. The van der Waals surface area contributed by atoms with Crippen LogP contribution in [0.1, 0.15) is 40.5 Å². The van der Waals surface area contributed by atoms with Crippen LogP contribution in [0.5, 0.6) is 0 Å². The molecule has 0 aliphatic rings. The van der Waals surface area contributed by atoms with E-state index in [1.807, 2.05) is 0 Å². The zero-order chi connectivity index (χ0) is 12.3. The summed E-state index contributed by atoms with van der Waals surface area (Å²) in [6.45, 7) is 7.04. The van der Waals surface area contributed by atoms with Crippen LogP contribution in [0.25, 0.3) is 0 Å². The Morgan fingerprint density at radius 2 is 1.60 bits per heavy atom. The smallest absolute Gasteiger partial charge is 0.222 e. The van der Waals surface area contributed by atoms with Gasteiger partial charge in [0.15, 0.2) is 0 Å². The van der Waals surface area contributed by atoms with Gasteiger partial charge in [0.2, 0.25) is 11.8 Å². The Labute approximate surface area is 90.6 Å². The van der Waals surface area contributed by atoms with Crippen LogP contribution in [-0.4, -0.2) is 22.9 Å². The van der Waals surface area contributed by atoms with Crippen LogP contribution in [0.3, 0.4) is 0 Å². The molecule has 5 N–H and O–H groups in total. The lowest BCUT2D eigenvalue weighted by Gasteiger charge is -2.27. The van der Waals surface area contributed by atoms with Crippen LogP contribution < -0.4 is 16.8 Å². The SMILES string of the molecule is CC(C)(N)CC(=O)NC(C)(C)CC(N)=O. The fourth-order valence-corrected chi connectivity index (χ4v) is 1.32. The minimum absolute atomic E-state index is 0.115. The van der Waals surface area contributed by atoms with Crippen molar-refractivity contribution < 1.29 is 9.59 Å². The Balaban J connectivity index is 4.22. The van der Waals surface area contributed by atoms with Crippen molar-refractivity contribution in [2.24, 2.45) is 11.5 Å². The van der Waals surface area contributed by atoms with Crippen LogP contribution in [0, 0.1) is 0 Å². The monoisotopic (exact) mass is 215 g/mol. The molecule has 88 valence electrons. The molecule has 5 heteroatoms. The molecule has 0 atom stereocenters. The highest BCUT2D eigenvalue weighted by Gasteiger charge is 2.25. The summed E-state index contributed by atoms with van der Waals surface area (Å²) in [7, 11) is 0. The average Bonchev–Trinajstić information content (AvgIpc) is 1.73. The maximum atomic E-state index is 11.5. The average molecular weight is 215 g/mol. The van der Waals surface area contributed by atoms with Crippen LogP contribution in [-0.2, 0) is 9.59 Å². The number of hydrogen-bond acceptors (Lipinski definition) is 3. The molecule has 0 fully saturated rings. The van der Waals surface area contributed by atoms with Gasteiger partial charge in [0.05, 0.1) is 0 Å². The maximum Gasteiger partial charge on any atom is 0.222 e. The first-order chi connectivity index (χ1) is 6.52. The molecule has 0 bridgehead atoms. The molecule has 0 unspecified atom stereocenters. The minimum atomic E-state index is -0.617. The normalized spacial score (nSPS) is 12.3. The van der Waals surface area contributed by atoms with E-state index in [0.717, 1.165) is 0 Å². The second-order valence-electron chi connectivity index (χ2n) is 5.24. The number of nitrogens with one attached hydrogen (secondary N) is 1. The van der Waals surface area contributed by atoms with E-state index in [2.05, 4.69) is 5.32 Å². The molecular formula is C10H21N3O2. The van der Waals surface area contributed by atoms with Crippen molar-refractivity contribution in [2.75, 3.05) is 0 Å². The molecule has 0 saturated heterocycles. The summed E-state index contributed by atoms with van der Waals surface area (Å²) in [5.74, 6) is -0.610. The highest BCUT2D eigenvalue weighted by atomic mass is 16.2. The summed E-state index contributed by atoms with van der Waals surface area (Å²) in [6, 6.07) is 0. The van der Waals surface area contributed by atoms with E-state index in [1.165, 1.54) is 0 Å². The van der Waals surface area contributed by atoms with E-state index in [9.17, 15) is 9.59 Å². The van der Waals surface area contributed by atoms with E-state index in [4.69, 9.17) is 11.5 Å². The van der Waals surface area contributed by atoms with Crippen LogP contribution in [0.4, 0.5) is 0 Å². The molecule has 2 amide bonds. The molecule has 0 heterocycles. The molecule has 0 aromatic carbocycles. The number of carbonyl (C=O) groups is 2. The van der Waals surface area contributed by atoms with E-state index < -0.39 is 17.0 Å². The fourth-order valence-electron chi connectivity index (χ4n) is 1.32. The Morgan fingerprint density at radius 3 is 1.93 bits per heavy atom. The number of carbonyl (C=O) groups excluding carboxylic acids is 2. The standard InChI is InChI=1S/C10H21N3O2/c1-9(2,12)6-8(15)13-10(3,4)5-7(11)14/h5-6,12H2,1-4H3,(H2,11,14)(H,13,15). The van der Waals surface area contributed by atoms with Crippen molar-refractivity contribution in [1.82, 2.24) is 5.32 Å². The summed E-state index contributed by atoms with van der Waals surface area (Å²) in [4.78, 5) is 22.2. The predicted octanol–water partition coefficient (Wildman–Crippen LogP) is -0.116. The first-order valence-corrected chi connectivity index (χ1v) is 4.90. The lowest BCUT2D eigenvalue weighted by Crippen LogP contribution is -2.49. The molecule has 0 aliphatic heterocycles. The Morgan fingerprint density at radius 1 is 1.13 bits per heavy atom. The molecule has 0 aromatic rings. The van der Waals surface area contributed by atoms with Crippen molar-refractivity contribution in [1.29, 1.82) is 0 Å². The van der Waals surface area contributed by atoms with Gasteiger partial charge in [-0.2, -0.15) is 0 Å². The molecule has 0 radical (unpaired) electrons. The second-order valence-corrected chi connectivity index (χ2v) is 5.24. The largest absolute Gasteiger partial charge is 0.370 e. The van der Waals surface area contributed by atoms with Gasteiger partial charge in [0, 0.05) is 23.9 Å². The zero-order valence-electron chi connectivity index (χ0n) is 9.89. The quantitative estimate of drug-likeness (QED) is 0.596. The minimum Gasteiger partial charge on any atom is -0.370 e. The third-order valence-electron chi connectivity index (χ3n) is 1.71. The summed E-state index contributed by atoms with van der Waals surface area (Å²) < 4.78 is 0. The zero-order valence-corrected chi connectivity index (χ0v) is 9.89. The van der Waals surface area contributed by atoms with Gasteiger partial charge < -0.3 is 16.8 Å². The van der Waals surface area contributed by atoms with Gasteiger partial charge >= 0.3 is 0 Å². The number of rotatable bonds is 5. The third-order valence-corrected chi connectivity index (χ3v) is 1.71. The van der Waals surface area contributed by atoms with Gasteiger partial charge in [-0.15, -0.1) is 0 Å². The number of nitrogens with two attached hydrogens (primary N) is 2. The fraction of sp³-hybridized carbons (Fsp3) is 0.800. The third kappa shape index (κ3) is 7.93. The molecule has 0 saturated carbocycles. The summed E-state index contributed by atoms with van der Waals surface area (Å²) in [5, 5.41) is 2.72. The molecular weight excluding hydrogens is 194 g/mol. The van der Waals surface area contributed by atoms with Crippen LogP contribution in [0.15, 0.2) is 0 Å². The highest BCUT2D eigenvalue weighted by Crippen LogP contribution is 2.10. The second kappa shape index (κ2) is 4.61. The Kier molecular flexibility index (Phi) is 4.27. The van der Waals surface area contributed by atoms with Crippen LogP contribution >= 0.6 is 0 Å². The van der Waals surface area contributed by atoms with Crippen molar-refractivity contribution in [2.45, 2.75) is 51.6 Å². The summed E-state index contributed by atoms with van der Waals surface area (Å²) >= 11 is 0.